The van der Waals surface area contributed by atoms with Crippen LogP contribution in [0.5, 0.6) is 0 Å². The summed E-state index contributed by atoms with van der Waals surface area (Å²) in [5.41, 5.74) is 0.663. The number of piperidine rings is 1. The lowest BCUT2D eigenvalue weighted by Gasteiger charge is -2.32. The van der Waals surface area contributed by atoms with Gasteiger partial charge in [0.2, 0.25) is 0 Å². The van der Waals surface area contributed by atoms with Gasteiger partial charge in [-0.25, -0.2) is 4.98 Å². The number of hydrogen-bond acceptors (Lipinski definition) is 2. The number of carbonyl (C=O) groups excluding carboxylic acids is 1. The van der Waals surface area contributed by atoms with E-state index in [9.17, 15) is 4.79 Å². The van der Waals surface area contributed by atoms with Crippen LogP contribution in [0.25, 0.3) is 0 Å². The largest absolute Gasteiger partial charge is 0.337 e. The highest BCUT2D eigenvalue weighted by atomic mass is 35.5. The number of hydrogen-bond donors (Lipinski definition) is 0. The first kappa shape index (κ1) is 12.4. The Morgan fingerprint density at radius 2 is 2.47 bits per heavy atom. The Bertz CT molecular complexity index is 389. The molecule has 1 aromatic heterocycles. The minimum atomic E-state index is 0.0873. The molecule has 0 bridgehead atoms. The van der Waals surface area contributed by atoms with Crippen LogP contribution in [0.2, 0.25) is 0 Å². The van der Waals surface area contributed by atoms with E-state index in [2.05, 4.69) is 4.98 Å². The maximum absolute atomic E-state index is 12.3. The van der Waals surface area contributed by atoms with Crippen molar-refractivity contribution >= 4 is 17.5 Å². The summed E-state index contributed by atoms with van der Waals surface area (Å²) in [6, 6.07) is 0. The van der Waals surface area contributed by atoms with Crippen LogP contribution in [0.15, 0.2) is 12.5 Å². The third kappa shape index (κ3) is 2.80. The predicted octanol–water partition coefficient (Wildman–Crippen LogP) is 1.90. The number of halogens is 1. The van der Waals surface area contributed by atoms with Crippen molar-refractivity contribution in [3.8, 4) is 0 Å². The Labute approximate surface area is 107 Å². The Hall–Kier alpha value is -1.03. The molecule has 0 radical (unpaired) electrons. The minimum absolute atomic E-state index is 0.0873. The topological polar surface area (TPSA) is 38.1 Å². The summed E-state index contributed by atoms with van der Waals surface area (Å²) >= 11 is 5.77. The van der Waals surface area contributed by atoms with E-state index >= 15 is 0 Å². The summed E-state index contributed by atoms with van der Waals surface area (Å²) in [4.78, 5) is 18.2. The first-order valence-corrected chi connectivity index (χ1v) is 6.57. The molecule has 5 heteroatoms. The lowest BCUT2D eigenvalue weighted by molar-refractivity contribution is 0.0662. The van der Waals surface area contributed by atoms with Gasteiger partial charge >= 0.3 is 0 Å². The summed E-state index contributed by atoms with van der Waals surface area (Å²) in [5.74, 6) is 1.32. The molecule has 1 amide bonds. The van der Waals surface area contributed by atoms with Gasteiger partial charge < -0.3 is 9.47 Å². The average molecular weight is 256 g/mol. The van der Waals surface area contributed by atoms with E-state index in [4.69, 9.17) is 11.6 Å². The third-order valence-corrected chi connectivity index (χ3v) is 3.58. The van der Waals surface area contributed by atoms with Gasteiger partial charge in [0.25, 0.3) is 5.91 Å². The van der Waals surface area contributed by atoms with Crippen molar-refractivity contribution < 1.29 is 4.79 Å². The fraction of sp³-hybridized carbons (Fsp3) is 0.667. The molecule has 0 aromatic carbocycles. The van der Waals surface area contributed by atoms with Crippen molar-refractivity contribution in [3.05, 3.63) is 18.2 Å². The second-order valence-electron chi connectivity index (χ2n) is 4.63. The highest BCUT2D eigenvalue weighted by molar-refractivity contribution is 6.17. The lowest BCUT2D eigenvalue weighted by Crippen LogP contribution is -2.40. The van der Waals surface area contributed by atoms with E-state index in [1.54, 1.807) is 17.1 Å². The van der Waals surface area contributed by atoms with Crippen molar-refractivity contribution in [2.75, 3.05) is 19.0 Å². The number of carbonyl (C=O) groups is 1. The molecule has 0 N–H and O–H groups in total. The molecular weight excluding hydrogens is 238 g/mol. The molecule has 2 rings (SSSR count). The van der Waals surface area contributed by atoms with Gasteiger partial charge in [-0.1, -0.05) is 0 Å². The number of alkyl halides is 1. The van der Waals surface area contributed by atoms with Gasteiger partial charge in [0, 0.05) is 26.0 Å². The molecule has 2 heterocycles. The smallest absolute Gasteiger partial charge is 0.272 e. The molecule has 1 aromatic rings. The van der Waals surface area contributed by atoms with E-state index in [-0.39, 0.29) is 5.91 Å². The molecular formula is C12H18ClN3O. The second-order valence-corrected chi connectivity index (χ2v) is 5.00. The SMILES string of the molecule is Cn1cncc1C(=O)N1CCCC(CCCl)C1. The van der Waals surface area contributed by atoms with E-state index in [1.165, 1.54) is 6.42 Å². The number of aryl methyl sites for hydroxylation is 1. The Balaban J connectivity index is 2.02. The zero-order valence-corrected chi connectivity index (χ0v) is 10.9. The highest BCUT2D eigenvalue weighted by Crippen LogP contribution is 2.21. The van der Waals surface area contributed by atoms with E-state index in [0.717, 1.165) is 25.9 Å². The predicted molar refractivity (Wildman–Crippen MR) is 67.2 cm³/mol. The summed E-state index contributed by atoms with van der Waals surface area (Å²) in [6.45, 7) is 1.68. The molecule has 1 saturated heterocycles. The maximum Gasteiger partial charge on any atom is 0.272 e. The van der Waals surface area contributed by atoms with Crippen LogP contribution in [0.4, 0.5) is 0 Å². The molecule has 17 heavy (non-hydrogen) atoms. The van der Waals surface area contributed by atoms with Gasteiger partial charge in [-0.2, -0.15) is 0 Å². The average Bonchev–Trinajstić information content (AvgIpc) is 2.75. The number of amides is 1. The van der Waals surface area contributed by atoms with Crippen LogP contribution in [0.1, 0.15) is 29.8 Å². The van der Waals surface area contributed by atoms with Crippen molar-refractivity contribution in [1.29, 1.82) is 0 Å². The van der Waals surface area contributed by atoms with Crippen LogP contribution in [0.3, 0.4) is 0 Å². The Kier molecular flexibility index (Phi) is 4.05. The molecule has 1 aliphatic heterocycles. The number of aromatic nitrogens is 2. The third-order valence-electron chi connectivity index (χ3n) is 3.36. The summed E-state index contributed by atoms with van der Waals surface area (Å²) < 4.78 is 1.77. The van der Waals surface area contributed by atoms with E-state index in [0.29, 0.717) is 17.5 Å². The minimum Gasteiger partial charge on any atom is -0.337 e. The fourth-order valence-electron chi connectivity index (χ4n) is 2.36. The van der Waals surface area contributed by atoms with Gasteiger partial charge in [-0.05, 0) is 25.2 Å². The second kappa shape index (κ2) is 5.54. The van der Waals surface area contributed by atoms with Gasteiger partial charge in [0.15, 0.2) is 0 Å². The van der Waals surface area contributed by atoms with Gasteiger partial charge in [0.05, 0.1) is 12.5 Å². The van der Waals surface area contributed by atoms with Crippen molar-refractivity contribution in [2.45, 2.75) is 19.3 Å². The van der Waals surface area contributed by atoms with Crippen LogP contribution in [-0.2, 0) is 7.05 Å². The molecule has 1 fully saturated rings. The van der Waals surface area contributed by atoms with Crippen LogP contribution < -0.4 is 0 Å². The maximum atomic E-state index is 12.3. The normalized spacial score (nSPS) is 20.6. The molecule has 1 unspecified atom stereocenters. The summed E-state index contributed by atoms with van der Waals surface area (Å²) in [7, 11) is 1.85. The highest BCUT2D eigenvalue weighted by Gasteiger charge is 2.25. The zero-order valence-electron chi connectivity index (χ0n) is 10.1. The van der Waals surface area contributed by atoms with Crippen molar-refractivity contribution in [1.82, 2.24) is 14.5 Å². The lowest BCUT2D eigenvalue weighted by atomic mass is 9.95. The summed E-state index contributed by atoms with van der Waals surface area (Å²) in [5, 5.41) is 0. The monoisotopic (exact) mass is 255 g/mol. The molecule has 1 aliphatic rings. The molecule has 94 valence electrons. The molecule has 0 aliphatic carbocycles. The van der Waals surface area contributed by atoms with Gasteiger partial charge in [-0.15, -0.1) is 11.6 Å². The Morgan fingerprint density at radius 3 is 3.12 bits per heavy atom. The van der Waals surface area contributed by atoms with E-state index in [1.807, 2.05) is 11.9 Å². The van der Waals surface area contributed by atoms with Crippen molar-refractivity contribution in [3.63, 3.8) is 0 Å². The number of likely N-dealkylation sites (tertiary alicyclic amines) is 1. The van der Waals surface area contributed by atoms with Crippen LogP contribution >= 0.6 is 11.6 Å². The number of nitrogens with zero attached hydrogens (tertiary/aromatic N) is 3. The fourth-order valence-corrected chi connectivity index (χ4v) is 2.67. The molecule has 0 spiro atoms. The number of rotatable bonds is 3. The number of imidazole rings is 1. The van der Waals surface area contributed by atoms with Crippen LogP contribution in [-0.4, -0.2) is 39.3 Å². The first-order valence-electron chi connectivity index (χ1n) is 6.04. The van der Waals surface area contributed by atoms with Crippen molar-refractivity contribution in [2.24, 2.45) is 13.0 Å². The quantitative estimate of drug-likeness (QED) is 0.774. The van der Waals surface area contributed by atoms with Gasteiger partial charge in [-0.3, -0.25) is 4.79 Å². The molecule has 4 nitrogen and oxygen atoms in total. The first-order chi connectivity index (χ1) is 8.22. The molecule has 1 atom stereocenters. The van der Waals surface area contributed by atoms with Gasteiger partial charge in [0.1, 0.15) is 5.69 Å². The molecule has 0 saturated carbocycles. The van der Waals surface area contributed by atoms with E-state index < -0.39 is 0 Å². The van der Waals surface area contributed by atoms with Crippen LogP contribution in [0, 0.1) is 5.92 Å². The summed E-state index contributed by atoms with van der Waals surface area (Å²) in [6.07, 6.45) is 6.55. The Morgan fingerprint density at radius 1 is 1.65 bits per heavy atom. The zero-order chi connectivity index (χ0) is 12.3. The standard InChI is InChI=1S/C12H18ClN3O/c1-15-9-14-7-11(15)12(17)16-6-2-3-10(8-16)4-5-13/h7,9-10H,2-6,8H2,1H3.